The number of aliphatic hydroxyl groups excluding tert-OH is 4. The summed E-state index contributed by atoms with van der Waals surface area (Å²) in [7, 11) is 4.92. The number of ether oxygens (including phenoxy) is 7. The number of carbonyl (C=O) groups is 10. The molecule has 0 unspecified atom stereocenters. The molecule has 10 amide bonds. The van der Waals surface area contributed by atoms with E-state index in [0.717, 1.165) is 68.5 Å². The van der Waals surface area contributed by atoms with Crippen LogP contribution in [-0.4, -0.2) is 210 Å². The van der Waals surface area contributed by atoms with Crippen molar-refractivity contribution in [3.05, 3.63) is 157 Å². The molecule has 7 aliphatic heterocycles. The number of hydrogen-bond acceptors (Lipinski definition) is 27. The van der Waals surface area contributed by atoms with Crippen LogP contribution in [0.4, 0.5) is 4.79 Å². The number of fused-ring (bicyclic) bond motifs is 13. The molecule has 7 heterocycles. The van der Waals surface area contributed by atoms with Crippen molar-refractivity contribution in [2.75, 3.05) is 54.0 Å². The first-order valence-electron chi connectivity index (χ1n) is 40.7. The van der Waals surface area contributed by atoms with E-state index < -0.39 is 185 Å². The summed E-state index contributed by atoms with van der Waals surface area (Å²) in [6, 6.07) is 5.19. The number of imide groups is 1. The van der Waals surface area contributed by atoms with Crippen molar-refractivity contribution in [1.82, 2.24) is 63.8 Å². The van der Waals surface area contributed by atoms with Crippen molar-refractivity contribution in [1.29, 1.82) is 0 Å². The van der Waals surface area contributed by atoms with Crippen LogP contribution in [0.3, 0.4) is 0 Å². The highest BCUT2D eigenvalue weighted by molar-refractivity contribution is 6.32. The van der Waals surface area contributed by atoms with Gasteiger partial charge < -0.3 is 127 Å². The zero-order valence-corrected chi connectivity index (χ0v) is 68.8. The number of amides is 10. The predicted molar refractivity (Wildman–Crippen MR) is 434 cm³/mol. The van der Waals surface area contributed by atoms with E-state index in [1.807, 2.05) is 13.8 Å². The number of aromatic hydroxyl groups is 1. The molecule has 6 aromatic rings. The lowest BCUT2D eigenvalue weighted by atomic mass is 9.54. The largest absolute Gasteiger partial charge is 0.508 e. The van der Waals surface area contributed by atoms with Crippen molar-refractivity contribution in [2.45, 2.75) is 162 Å². The van der Waals surface area contributed by atoms with Crippen molar-refractivity contribution >= 4 is 82.5 Å². The van der Waals surface area contributed by atoms with E-state index >= 15 is 28.8 Å². The normalized spacial score (nSPS) is 28.0. The Kier molecular flexibility index (Phi) is 25.6. The Labute approximate surface area is 714 Å². The second-order valence-electron chi connectivity index (χ2n) is 33.0. The molecule has 6 aromatic carbocycles. The SMILES string of the molecule is CNCCOCc1cc(OCCNC)cc(C(=O)NC(=O)C[C@@H]2NC(=O)[C@H](NC(=O)[C@@H](CC(C)C)NC)[C@H](O)c3ccc(c(Cl)c3)Oc3cc4cc(c3O[C@@H]3O[C@@H]5CNC(=O)O[C@H]5[C@H](O)[C@H]3O)Oc3ccc(cc3Cl)[C@@H](O)[C@@H]3NC(=O)[C@H](NC(=O)[C@@H]4NC2=O)c2ccc4c(c2)-c2c(cc(O)cc2C4(O)O)[C@@H](C(=O)NC2C4CC5CC(C4)CC2C5)NC3=O)c1. The van der Waals surface area contributed by atoms with Crippen LogP contribution >= 0.6 is 23.2 Å². The third-order valence-corrected chi connectivity index (χ3v) is 24.7. The molecule has 12 aliphatic rings. The molecule has 2 saturated heterocycles. The number of carbonyl (C=O) groups excluding carboxylic acids is 10. The highest BCUT2D eigenvalue weighted by atomic mass is 35.5. The van der Waals surface area contributed by atoms with Gasteiger partial charge in [-0.25, -0.2) is 4.79 Å². The minimum atomic E-state index is -2.98. The first kappa shape index (κ1) is 87.1. The van der Waals surface area contributed by atoms with Crippen LogP contribution in [-0.2, 0) is 65.0 Å². The Hall–Kier alpha value is -10.8. The average Bonchev–Trinajstić information content (AvgIpc) is 1.56. The number of rotatable bonds is 21. The summed E-state index contributed by atoms with van der Waals surface area (Å²) in [6.07, 6.45) is -10.5. The number of aliphatic hydroxyl groups is 6. The zero-order valence-electron chi connectivity index (χ0n) is 67.3. The van der Waals surface area contributed by atoms with Crippen LogP contribution in [0.25, 0.3) is 11.1 Å². The van der Waals surface area contributed by atoms with Gasteiger partial charge in [0, 0.05) is 35.8 Å². The molecular formula is C85H96Cl2N12O24. The summed E-state index contributed by atoms with van der Waals surface area (Å²) in [5, 5.41) is 117. The lowest BCUT2D eigenvalue weighted by molar-refractivity contribution is -0.275. The third kappa shape index (κ3) is 18.1. The van der Waals surface area contributed by atoms with Crippen LogP contribution in [0, 0.1) is 29.6 Å². The van der Waals surface area contributed by atoms with Gasteiger partial charge >= 0.3 is 6.09 Å². The number of benzene rings is 6. The molecule has 15 bridgehead atoms. The third-order valence-electron chi connectivity index (χ3n) is 24.1. The number of likely N-dealkylation sites (N-methyl/N-ethyl adjacent to an activating group) is 3. The summed E-state index contributed by atoms with van der Waals surface area (Å²) in [4.78, 5) is 153. The Morgan fingerprint density at radius 3 is 1.94 bits per heavy atom. The molecule has 123 heavy (non-hydrogen) atoms. The fourth-order valence-corrected chi connectivity index (χ4v) is 18.7. The number of alkyl carbamates (subject to hydrolysis) is 1. The Morgan fingerprint density at radius 1 is 0.642 bits per heavy atom. The smallest absolute Gasteiger partial charge is 0.407 e. The van der Waals surface area contributed by atoms with Crippen molar-refractivity contribution in [3.63, 3.8) is 0 Å². The number of phenolic OH excluding ortho intramolecular Hbond substituents is 1. The number of hydrogen-bond donors (Lipinski definition) is 19. The molecule has 0 radical (unpaired) electrons. The number of nitrogens with one attached hydrogen (secondary N) is 12. The first-order valence-corrected chi connectivity index (χ1v) is 41.5. The summed E-state index contributed by atoms with van der Waals surface area (Å²) >= 11 is 14.4. The van der Waals surface area contributed by atoms with E-state index in [-0.39, 0.29) is 134 Å². The van der Waals surface area contributed by atoms with E-state index in [1.54, 1.807) is 20.2 Å². The standard InChI is InChI=1S/C85H96Cl2N12O24/c1-35(2)16-54(90-5)76(107)98-67-69(102)40-7-10-56(52(86)26-40)119-58-28-44-29-59(73(58)122-83-72(105)71(104)74-60(121-83)33-91-84(114)123-74)120-57-11-8-41(27-53(57)87)70(103)68-82(113)97-66(80(111)94-63-42-18-36-17-37(20-42)21-43(63)19-36)49-30-46(100)31-51-62(49)48-25-39(6-9-50(48)85(51,115)116)64(78(109)99-68)96-79(110)65(44)95-77(108)55(92-81(67)112)32-61(101)93-75(106)45-22-38(34-117-14-12-88-3)23-47(24-45)118-15-13-89-4/h6-11,22-31,35-37,42-43,54-55,60,63-72,74,83,88-90,100,102-105,115-116H,12-21,32-34H2,1-5H3,(H,91,114)(H,92,112)(H,94,111)(H,95,108)(H,96,110)(H,97,113)(H,98,107)(H,99,109)(H,93,101,106)/t36?,37?,42?,43?,54-,55+,60-,63?,64-,65-,66+,67-,68+,69-,70-,71-,72-,74-,83+/m1/s1. The fourth-order valence-electron chi connectivity index (χ4n) is 18.2. The first-order chi connectivity index (χ1) is 58.8. The van der Waals surface area contributed by atoms with Crippen molar-refractivity contribution < 1.29 is 117 Å². The summed E-state index contributed by atoms with van der Waals surface area (Å²) in [5.74, 6) is -15.6. The maximum atomic E-state index is 16.6. The second kappa shape index (κ2) is 36.2. The van der Waals surface area contributed by atoms with Gasteiger partial charge in [0.15, 0.2) is 17.6 Å². The number of halogens is 2. The van der Waals surface area contributed by atoms with Gasteiger partial charge in [0.2, 0.25) is 65.1 Å². The van der Waals surface area contributed by atoms with Gasteiger partial charge in [-0.05, 0) is 207 Å². The predicted octanol–water partition coefficient (Wildman–Crippen LogP) is 2.37. The molecule has 6 fully saturated rings. The maximum absolute atomic E-state index is 16.6. The van der Waals surface area contributed by atoms with Crippen LogP contribution in [0.5, 0.6) is 40.2 Å². The molecule has 19 N–H and O–H groups in total. The second-order valence-corrected chi connectivity index (χ2v) is 33.8. The van der Waals surface area contributed by atoms with Gasteiger partial charge in [-0.2, -0.15) is 0 Å². The molecule has 654 valence electrons. The molecule has 18 rings (SSSR count). The zero-order chi connectivity index (χ0) is 87.3. The van der Waals surface area contributed by atoms with E-state index in [2.05, 4.69) is 63.8 Å². The minimum absolute atomic E-state index is 0.0226. The van der Waals surface area contributed by atoms with Gasteiger partial charge in [-0.15, -0.1) is 0 Å². The van der Waals surface area contributed by atoms with E-state index in [1.165, 1.54) is 61.6 Å². The quantitative estimate of drug-likeness (QED) is 0.0363. The lowest BCUT2D eigenvalue weighted by Crippen LogP contribution is -2.65. The van der Waals surface area contributed by atoms with Crippen LogP contribution < -0.4 is 82.7 Å². The average molecular weight is 1740 g/mol. The lowest BCUT2D eigenvalue weighted by Gasteiger charge is -2.54. The van der Waals surface area contributed by atoms with Gasteiger partial charge in [-0.3, -0.25) is 48.5 Å². The molecule has 0 spiro atoms. The minimum Gasteiger partial charge on any atom is -0.508 e. The van der Waals surface area contributed by atoms with Crippen LogP contribution in [0.1, 0.15) is 144 Å². The highest BCUT2D eigenvalue weighted by Gasteiger charge is 2.54. The topological polar surface area (TPSA) is 521 Å². The summed E-state index contributed by atoms with van der Waals surface area (Å²) in [5.41, 5.74) is -1.79. The fraction of sp³-hybridized carbons (Fsp3) is 0.459. The highest BCUT2D eigenvalue weighted by Crippen LogP contribution is 2.56. The van der Waals surface area contributed by atoms with Crippen LogP contribution in [0.2, 0.25) is 10.0 Å². The molecule has 38 heteroatoms. The Balaban J connectivity index is 0.902. The summed E-state index contributed by atoms with van der Waals surface area (Å²) in [6.45, 7) is 4.59. The van der Waals surface area contributed by atoms with Gasteiger partial charge in [0.05, 0.1) is 42.3 Å². The Bertz CT molecular complexity index is 5150. The maximum Gasteiger partial charge on any atom is 0.407 e. The van der Waals surface area contributed by atoms with Crippen LogP contribution in [0.15, 0.2) is 97.1 Å². The molecular weight excluding hydrogens is 1640 g/mol. The molecule has 4 saturated carbocycles. The van der Waals surface area contributed by atoms with Crippen molar-refractivity contribution in [3.8, 4) is 51.4 Å². The van der Waals surface area contributed by atoms with Gasteiger partial charge in [0.1, 0.15) is 96.4 Å². The van der Waals surface area contributed by atoms with Gasteiger partial charge in [-0.1, -0.05) is 61.3 Å². The monoisotopic (exact) mass is 1740 g/mol. The van der Waals surface area contributed by atoms with E-state index in [9.17, 15) is 54.9 Å². The van der Waals surface area contributed by atoms with E-state index in [0.29, 0.717) is 30.5 Å². The van der Waals surface area contributed by atoms with Crippen molar-refractivity contribution in [2.24, 2.45) is 29.6 Å². The summed E-state index contributed by atoms with van der Waals surface area (Å²) < 4.78 is 43.3. The van der Waals surface area contributed by atoms with E-state index in [4.69, 9.17) is 56.4 Å². The van der Waals surface area contributed by atoms with Gasteiger partial charge in [0.25, 0.3) is 5.91 Å². The number of phenols is 1. The molecule has 5 aliphatic carbocycles. The Morgan fingerprint density at radius 2 is 1.28 bits per heavy atom. The molecule has 0 aromatic heterocycles. The molecule has 36 nitrogen and oxygen atoms in total. The molecule has 14 atom stereocenters.